The van der Waals surface area contributed by atoms with E-state index in [2.05, 4.69) is 0 Å². The standard InChI is InChI=1S/C7H4F4N/c8-5-3-4(7(9,10)11)1-2-6(5)12/h1-3,12H/q-1. The molecule has 0 aliphatic carbocycles. The van der Waals surface area contributed by atoms with Gasteiger partial charge in [0, 0.05) is 0 Å². The maximum Gasteiger partial charge on any atom is 0.416 e. The van der Waals surface area contributed by atoms with Crippen molar-refractivity contribution in [1.29, 1.82) is 0 Å². The van der Waals surface area contributed by atoms with Crippen LogP contribution in [-0.2, 0) is 6.18 Å². The SMILES string of the molecule is [NH-]c1ccc(C(F)(F)F)cc1F. The Morgan fingerprint density at radius 2 is 1.75 bits per heavy atom. The quantitative estimate of drug-likeness (QED) is 0.542. The van der Waals surface area contributed by atoms with Gasteiger partial charge in [-0.2, -0.15) is 13.2 Å². The first-order chi connectivity index (χ1) is 5.41. The summed E-state index contributed by atoms with van der Waals surface area (Å²) in [5, 5.41) is 0. The van der Waals surface area contributed by atoms with Gasteiger partial charge in [-0.25, -0.2) is 4.39 Å². The normalized spacial score (nSPS) is 11.7. The minimum Gasteiger partial charge on any atom is -0.696 e. The van der Waals surface area contributed by atoms with Gasteiger partial charge in [0.1, 0.15) is 5.82 Å². The molecule has 0 amide bonds. The average molecular weight is 178 g/mol. The summed E-state index contributed by atoms with van der Waals surface area (Å²) in [7, 11) is 0. The summed E-state index contributed by atoms with van der Waals surface area (Å²) in [6.45, 7) is 0. The van der Waals surface area contributed by atoms with Gasteiger partial charge in [-0.05, 0) is 6.07 Å². The molecule has 0 radical (unpaired) electrons. The molecule has 0 aliphatic rings. The maximum absolute atomic E-state index is 12.4. The smallest absolute Gasteiger partial charge is 0.416 e. The summed E-state index contributed by atoms with van der Waals surface area (Å²) in [5.74, 6) is -1.16. The third-order valence-corrected chi connectivity index (χ3v) is 1.30. The van der Waals surface area contributed by atoms with Crippen molar-refractivity contribution >= 4 is 5.69 Å². The molecule has 66 valence electrons. The van der Waals surface area contributed by atoms with Gasteiger partial charge in [-0.3, -0.25) is 0 Å². The highest BCUT2D eigenvalue weighted by atomic mass is 19.4. The highest BCUT2D eigenvalue weighted by Gasteiger charge is 2.30. The van der Waals surface area contributed by atoms with Crippen molar-refractivity contribution in [2.45, 2.75) is 6.18 Å². The molecule has 0 fully saturated rings. The molecule has 0 heterocycles. The molecular formula is C7H4F4N-. The fourth-order valence-electron chi connectivity index (χ4n) is 0.691. The number of rotatable bonds is 0. The van der Waals surface area contributed by atoms with E-state index in [-0.39, 0.29) is 0 Å². The molecular weight excluding hydrogens is 174 g/mol. The van der Waals surface area contributed by atoms with E-state index in [0.717, 1.165) is 6.07 Å². The van der Waals surface area contributed by atoms with Crippen LogP contribution in [0.5, 0.6) is 0 Å². The lowest BCUT2D eigenvalue weighted by Gasteiger charge is -2.09. The Morgan fingerprint density at radius 1 is 1.17 bits per heavy atom. The van der Waals surface area contributed by atoms with Crippen LogP contribution < -0.4 is 0 Å². The molecule has 0 aromatic heterocycles. The van der Waals surface area contributed by atoms with Crippen LogP contribution in [0.3, 0.4) is 0 Å². The molecule has 1 aromatic rings. The molecule has 0 atom stereocenters. The maximum atomic E-state index is 12.4. The predicted octanol–water partition coefficient (Wildman–Crippen LogP) is 3.53. The van der Waals surface area contributed by atoms with Gasteiger partial charge in [0.05, 0.1) is 5.56 Å². The lowest BCUT2D eigenvalue weighted by molar-refractivity contribution is -0.137. The Kier molecular flexibility index (Phi) is 1.95. The van der Waals surface area contributed by atoms with Crippen LogP contribution in [0.25, 0.3) is 5.73 Å². The topological polar surface area (TPSA) is 23.8 Å². The van der Waals surface area contributed by atoms with E-state index in [1.54, 1.807) is 0 Å². The van der Waals surface area contributed by atoms with E-state index in [0.29, 0.717) is 12.1 Å². The molecule has 0 saturated carbocycles. The van der Waals surface area contributed by atoms with Gasteiger partial charge in [-0.15, -0.1) is 5.69 Å². The third kappa shape index (κ3) is 1.66. The lowest BCUT2D eigenvalue weighted by Crippen LogP contribution is -2.04. The summed E-state index contributed by atoms with van der Waals surface area (Å²) < 4.78 is 48.0. The first kappa shape index (κ1) is 8.83. The van der Waals surface area contributed by atoms with Crippen molar-refractivity contribution in [2.75, 3.05) is 0 Å². The van der Waals surface area contributed by atoms with Crippen LogP contribution >= 0.6 is 0 Å². The van der Waals surface area contributed by atoms with Crippen molar-refractivity contribution in [3.63, 3.8) is 0 Å². The second kappa shape index (κ2) is 2.66. The van der Waals surface area contributed by atoms with E-state index in [9.17, 15) is 17.6 Å². The van der Waals surface area contributed by atoms with E-state index in [4.69, 9.17) is 5.73 Å². The van der Waals surface area contributed by atoms with Gasteiger partial charge in [0.25, 0.3) is 0 Å². The van der Waals surface area contributed by atoms with Crippen molar-refractivity contribution in [1.82, 2.24) is 0 Å². The number of alkyl halides is 3. The van der Waals surface area contributed by atoms with E-state index in [1.165, 1.54) is 0 Å². The van der Waals surface area contributed by atoms with Gasteiger partial charge >= 0.3 is 6.18 Å². The second-order valence-electron chi connectivity index (χ2n) is 2.19. The Hall–Kier alpha value is -1.26. The molecule has 0 saturated heterocycles. The Morgan fingerprint density at radius 3 is 2.17 bits per heavy atom. The molecule has 0 unspecified atom stereocenters. The van der Waals surface area contributed by atoms with E-state index >= 15 is 0 Å². The highest BCUT2D eigenvalue weighted by Crippen LogP contribution is 2.31. The number of benzene rings is 1. The van der Waals surface area contributed by atoms with Crippen LogP contribution in [0.2, 0.25) is 0 Å². The first-order valence-electron chi connectivity index (χ1n) is 2.99. The largest absolute Gasteiger partial charge is 0.696 e. The Bertz CT molecular complexity index is 292. The lowest BCUT2D eigenvalue weighted by atomic mass is 10.2. The summed E-state index contributed by atoms with van der Waals surface area (Å²) in [6, 6.07) is 1.76. The molecule has 12 heavy (non-hydrogen) atoms. The number of hydrogen-bond donors (Lipinski definition) is 0. The van der Waals surface area contributed by atoms with E-state index < -0.39 is 23.2 Å². The Balaban J connectivity index is 3.14. The Labute approximate surface area is 65.8 Å². The van der Waals surface area contributed by atoms with Crippen molar-refractivity contribution in [2.24, 2.45) is 0 Å². The number of hydrogen-bond acceptors (Lipinski definition) is 0. The first-order valence-corrected chi connectivity index (χ1v) is 2.99. The van der Waals surface area contributed by atoms with Gasteiger partial charge in [-0.1, -0.05) is 12.1 Å². The summed E-state index contributed by atoms with van der Waals surface area (Å²) in [4.78, 5) is 0. The molecule has 0 spiro atoms. The highest BCUT2D eigenvalue weighted by molar-refractivity contribution is 5.45. The van der Waals surface area contributed by atoms with Gasteiger partial charge < -0.3 is 5.73 Å². The summed E-state index contributed by atoms with van der Waals surface area (Å²) >= 11 is 0. The van der Waals surface area contributed by atoms with Crippen LogP contribution in [0.4, 0.5) is 23.2 Å². The fraction of sp³-hybridized carbons (Fsp3) is 0.143. The predicted molar refractivity (Wildman–Crippen MR) is 35.4 cm³/mol. The summed E-state index contributed by atoms with van der Waals surface area (Å²) in [6.07, 6.45) is -4.55. The third-order valence-electron chi connectivity index (χ3n) is 1.30. The zero-order valence-corrected chi connectivity index (χ0v) is 5.74. The minimum atomic E-state index is -4.55. The van der Waals surface area contributed by atoms with Gasteiger partial charge in [0.15, 0.2) is 0 Å². The van der Waals surface area contributed by atoms with Crippen LogP contribution in [0.15, 0.2) is 18.2 Å². The van der Waals surface area contributed by atoms with Crippen LogP contribution in [-0.4, -0.2) is 0 Å². The zero-order chi connectivity index (χ0) is 9.35. The zero-order valence-electron chi connectivity index (χ0n) is 5.74. The molecule has 5 heteroatoms. The fourth-order valence-corrected chi connectivity index (χ4v) is 0.691. The molecule has 0 aliphatic heterocycles. The number of nitrogens with one attached hydrogen (secondary N) is 1. The van der Waals surface area contributed by atoms with Crippen LogP contribution in [0.1, 0.15) is 5.56 Å². The molecule has 1 aromatic carbocycles. The van der Waals surface area contributed by atoms with E-state index in [1.807, 2.05) is 0 Å². The number of halogens is 4. The second-order valence-corrected chi connectivity index (χ2v) is 2.19. The monoisotopic (exact) mass is 178 g/mol. The summed E-state index contributed by atoms with van der Waals surface area (Å²) in [5.41, 5.74) is 5.17. The van der Waals surface area contributed by atoms with Crippen LogP contribution in [0, 0.1) is 5.82 Å². The van der Waals surface area contributed by atoms with Gasteiger partial charge in [0.2, 0.25) is 0 Å². The molecule has 1 rings (SSSR count). The molecule has 1 nitrogen and oxygen atoms in total. The molecule has 1 N–H and O–H groups in total. The minimum absolute atomic E-state index is 0.308. The average Bonchev–Trinajstić information content (AvgIpc) is 1.92. The molecule has 0 bridgehead atoms. The van der Waals surface area contributed by atoms with Crippen molar-refractivity contribution in [3.8, 4) is 0 Å². The van der Waals surface area contributed by atoms with Crippen molar-refractivity contribution < 1.29 is 17.6 Å². The van der Waals surface area contributed by atoms with Crippen molar-refractivity contribution in [3.05, 3.63) is 35.3 Å².